The Labute approximate surface area is 119 Å². The first-order chi connectivity index (χ1) is 9.81. The lowest BCUT2D eigenvalue weighted by atomic mass is 10.0. The number of aryl methyl sites for hydroxylation is 1. The molecular weight excluding hydrogens is 246 g/mol. The van der Waals surface area contributed by atoms with E-state index in [1.54, 1.807) is 0 Å². The fourth-order valence-corrected chi connectivity index (χ4v) is 2.84. The summed E-state index contributed by atoms with van der Waals surface area (Å²) in [5.74, 6) is 1.04. The average Bonchev–Trinajstić information content (AvgIpc) is 2.82. The van der Waals surface area contributed by atoms with Crippen LogP contribution in [0.5, 0.6) is 0 Å². The molecule has 2 aromatic carbocycles. The topological polar surface area (TPSA) is 43.8 Å². The van der Waals surface area contributed by atoms with Gasteiger partial charge in [-0.25, -0.2) is 4.98 Å². The Hall–Kier alpha value is -2.13. The molecule has 3 heteroatoms. The third-order valence-corrected chi connectivity index (χ3v) is 3.71. The molecule has 0 aliphatic carbocycles. The van der Waals surface area contributed by atoms with Crippen LogP contribution in [0.4, 0.5) is 0 Å². The zero-order valence-corrected chi connectivity index (χ0v) is 11.7. The Balaban J connectivity index is 2.17. The van der Waals surface area contributed by atoms with Crippen molar-refractivity contribution in [1.82, 2.24) is 9.55 Å². The highest BCUT2D eigenvalue weighted by Crippen LogP contribution is 2.28. The van der Waals surface area contributed by atoms with Crippen LogP contribution >= 0.6 is 0 Å². The number of aromatic nitrogens is 2. The molecule has 0 fully saturated rings. The predicted molar refractivity (Wildman–Crippen MR) is 82.7 cm³/mol. The van der Waals surface area contributed by atoms with Crippen LogP contribution in [0.15, 0.2) is 54.6 Å². The Morgan fingerprint density at radius 3 is 2.50 bits per heavy atom. The molecule has 3 rings (SSSR count). The molecule has 1 unspecified atom stereocenters. The van der Waals surface area contributed by atoms with Gasteiger partial charge in [-0.15, -0.1) is 0 Å². The minimum absolute atomic E-state index is 0.244. The van der Waals surface area contributed by atoms with Crippen LogP contribution in [0.3, 0.4) is 0 Å². The molecule has 0 saturated carbocycles. The van der Waals surface area contributed by atoms with Crippen molar-refractivity contribution < 1.29 is 0 Å². The maximum absolute atomic E-state index is 5.83. The van der Waals surface area contributed by atoms with E-state index < -0.39 is 0 Å². The molecule has 0 spiro atoms. The van der Waals surface area contributed by atoms with Gasteiger partial charge in [0, 0.05) is 0 Å². The maximum Gasteiger partial charge on any atom is 0.107 e. The van der Waals surface area contributed by atoms with E-state index in [-0.39, 0.29) is 6.04 Å². The van der Waals surface area contributed by atoms with Gasteiger partial charge in [0.25, 0.3) is 0 Å². The van der Waals surface area contributed by atoms with Gasteiger partial charge in [0.05, 0.1) is 17.1 Å². The highest BCUT2D eigenvalue weighted by molar-refractivity contribution is 5.76. The van der Waals surface area contributed by atoms with Gasteiger partial charge in [0.1, 0.15) is 5.82 Å². The van der Waals surface area contributed by atoms with Gasteiger partial charge in [0.15, 0.2) is 0 Å². The summed E-state index contributed by atoms with van der Waals surface area (Å²) in [4.78, 5) is 4.66. The summed E-state index contributed by atoms with van der Waals surface area (Å²) in [6, 6.07) is 19.0. The van der Waals surface area contributed by atoms with Crippen molar-refractivity contribution in [1.29, 1.82) is 0 Å². The lowest BCUT2D eigenvalue weighted by molar-refractivity contribution is 0.548. The Bertz CT molecular complexity index is 701. The molecular formula is C17H19N3. The van der Waals surface area contributed by atoms with Crippen molar-refractivity contribution in [3.63, 3.8) is 0 Å². The van der Waals surface area contributed by atoms with Gasteiger partial charge < -0.3 is 10.3 Å². The summed E-state index contributed by atoms with van der Waals surface area (Å²) in [5, 5.41) is 0. The number of hydrogen-bond donors (Lipinski definition) is 1. The predicted octanol–water partition coefficient (Wildman–Crippen LogP) is 3.28. The fourth-order valence-electron chi connectivity index (χ4n) is 2.84. The summed E-state index contributed by atoms with van der Waals surface area (Å²) in [6.45, 7) is 2.72. The molecule has 3 nitrogen and oxygen atoms in total. The molecule has 0 amide bonds. The average molecular weight is 265 g/mol. The largest absolute Gasteiger partial charge is 0.330 e. The Kier molecular flexibility index (Phi) is 3.52. The van der Waals surface area contributed by atoms with Gasteiger partial charge in [-0.05, 0) is 37.6 Å². The smallest absolute Gasteiger partial charge is 0.107 e. The lowest BCUT2D eigenvalue weighted by Crippen LogP contribution is -2.16. The third kappa shape index (κ3) is 2.21. The molecule has 0 saturated heterocycles. The minimum atomic E-state index is 0.244. The van der Waals surface area contributed by atoms with E-state index in [0.717, 1.165) is 17.8 Å². The van der Waals surface area contributed by atoms with Gasteiger partial charge in [-0.3, -0.25) is 0 Å². The monoisotopic (exact) mass is 265 g/mol. The number of nitrogens with two attached hydrogens (primary N) is 1. The molecule has 1 atom stereocenters. The van der Waals surface area contributed by atoms with E-state index in [0.29, 0.717) is 6.54 Å². The first-order valence-corrected chi connectivity index (χ1v) is 7.00. The normalized spacial score (nSPS) is 12.7. The Morgan fingerprint density at radius 1 is 1.05 bits per heavy atom. The van der Waals surface area contributed by atoms with Crippen LogP contribution in [0.25, 0.3) is 11.0 Å². The zero-order valence-electron chi connectivity index (χ0n) is 11.7. The van der Waals surface area contributed by atoms with Crippen LogP contribution in [-0.4, -0.2) is 16.1 Å². The van der Waals surface area contributed by atoms with Crippen molar-refractivity contribution in [2.24, 2.45) is 5.73 Å². The third-order valence-electron chi connectivity index (χ3n) is 3.71. The van der Waals surface area contributed by atoms with E-state index in [4.69, 9.17) is 5.73 Å². The van der Waals surface area contributed by atoms with Crippen molar-refractivity contribution in [3.05, 3.63) is 66.0 Å². The second-order valence-corrected chi connectivity index (χ2v) is 5.02. The van der Waals surface area contributed by atoms with Gasteiger partial charge >= 0.3 is 0 Å². The molecule has 3 aromatic rings. The highest BCUT2D eigenvalue weighted by atomic mass is 15.1. The first kappa shape index (κ1) is 12.9. The second kappa shape index (κ2) is 5.47. The molecule has 0 radical (unpaired) electrons. The summed E-state index contributed by atoms with van der Waals surface area (Å²) < 4.78 is 2.30. The number of rotatable bonds is 4. The summed E-state index contributed by atoms with van der Waals surface area (Å²) in [6.07, 6.45) is 0.908. The van der Waals surface area contributed by atoms with E-state index >= 15 is 0 Å². The molecule has 0 bridgehead atoms. The standard InChI is InChI=1S/C17H19N3/c1-13-19-15-9-5-6-10-17(15)20(13)16(11-12-18)14-7-3-2-4-8-14/h2-10,16H,11-12,18H2,1H3. The quantitative estimate of drug-likeness (QED) is 0.786. The second-order valence-electron chi connectivity index (χ2n) is 5.02. The van der Waals surface area contributed by atoms with E-state index in [9.17, 15) is 0 Å². The van der Waals surface area contributed by atoms with Crippen molar-refractivity contribution in [2.45, 2.75) is 19.4 Å². The van der Waals surface area contributed by atoms with Crippen molar-refractivity contribution in [2.75, 3.05) is 6.54 Å². The molecule has 1 aromatic heterocycles. The van der Waals surface area contributed by atoms with Gasteiger partial charge in [-0.2, -0.15) is 0 Å². The maximum atomic E-state index is 5.83. The van der Waals surface area contributed by atoms with Gasteiger partial charge in [0.2, 0.25) is 0 Å². The highest BCUT2D eigenvalue weighted by Gasteiger charge is 2.17. The molecule has 20 heavy (non-hydrogen) atoms. The molecule has 0 aliphatic heterocycles. The SMILES string of the molecule is Cc1nc2ccccc2n1C(CCN)c1ccccc1. The van der Waals surface area contributed by atoms with E-state index in [1.807, 2.05) is 12.1 Å². The Morgan fingerprint density at radius 2 is 1.75 bits per heavy atom. The molecule has 2 N–H and O–H groups in total. The number of nitrogens with zero attached hydrogens (tertiary/aromatic N) is 2. The molecule has 102 valence electrons. The first-order valence-electron chi connectivity index (χ1n) is 7.00. The van der Waals surface area contributed by atoms with Crippen LogP contribution in [0.2, 0.25) is 0 Å². The zero-order chi connectivity index (χ0) is 13.9. The summed E-state index contributed by atoms with van der Waals surface area (Å²) >= 11 is 0. The number of benzene rings is 2. The van der Waals surface area contributed by atoms with E-state index in [1.165, 1.54) is 11.1 Å². The van der Waals surface area contributed by atoms with Crippen LogP contribution < -0.4 is 5.73 Å². The number of fused-ring (bicyclic) bond motifs is 1. The lowest BCUT2D eigenvalue weighted by Gasteiger charge is -2.21. The number of para-hydroxylation sites is 2. The van der Waals surface area contributed by atoms with E-state index in [2.05, 4.69) is 58.9 Å². The minimum Gasteiger partial charge on any atom is -0.330 e. The molecule has 1 heterocycles. The number of imidazole rings is 1. The van der Waals surface area contributed by atoms with Crippen LogP contribution in [0.1, 0.15) is 23.9 Å². The van der Waals surface area contributed by atoms with Crippen LogP contribution in [-0.2, 0) is 0 Å². The summed E-state index contributed by atoms with van der Waals surface area (Å²) in [5.41, 5.74) is 9.33. The number of hydrogen-bond acceptors (Lipinski definition) is 2. The van der Waals surface area contributed by atoms with Crippen LogP contribution in [0, 0.1) is 6.92 Å². The van der Waals surface area contributed by atoms with Gasteiger partial charge in [-0.1, -0.05) is 42.5 Å². The van der Waals surface area contributed by atoms with Crippen molar-refractivity contribution in [3.8, 4) is 0 Å². The fraction of sp³-hybridized carbons (Fsp3) is 0.235. The van der Waals surface area contributed by atoms with Crippen molar-refractivity contribution >= 4 is 11.0 Å². The molecule has 0 aliphatic rings. The summed E-state index contributed by atoms with van der Waals surface area (Å²) in [7, 11) is 0.